The lowest BCUT2D eigenvalue weighted by Crippen LogP contribution is -2.30. The third-order valence-corrected chi connectivity index (χ3v) is 8.11. The van der Waals surface area contributed by atoms with E-state index in [1.165, 1.54) is 14.2 Å². The zero-order valence-electron chi connectivity index (χ0n) is 20.5. The van der Waals surface area contributed by atoms with Crippen molar-refractivity contribution in [3.8, 4) is 23.1 Å². The van der Waals surface area contributed by atoms with E-state index in [0.29, 0.717) is 33.1 Å². The Labute approximate surface area is 224 Å². The zero-order chi connectivity index (χ0) is 26.7. The van der Waals surface area contributed by atoms with Crippen molar-refractivity contribution < 1.29 is 17.9 Å². The van der Waals surface area contributed by atoms with Crippen molar-refractivity contribution in [1.29, 1.82) is 0 Å². The number of benzene rings is 1. The lowest BCUT2D eigenvalue weighted by Gasteiger charge is -2.21. The van der Waals surface area contributed by atoms with Gasteiger partial charge in [-0.1, -0.05) is 29.3 Å². The zero-order valence-corrected chi connectivity index (χ0v) is 22.8. The summed E-state index contributed by atoms with van der Waals surface area (Å²) in [5.74, 6) is 0.610. The SMILES string of the molecule is COc1cccc(-c2nnc(CS(=O)(=O)[C@@H](C)[C@H](OC)c3ncc(C)cn3)n2-c2cc(Cl)cc(Cl)c2)n1. The van der Waals surface area contributed by atoms with Crippen molar-refractivity contribution in [2.75, 3.05) is 14.2 Å². The molecular formula is C24H24Cl2N6O4S. The average molecular weight is 563 g/mol. The van der Waals surface area contributed by atoms with Crippen molar-refractivity contribution in [2.45, 2.75) is 31.0 Å². The number of ether oxygens (including phenoxy) is 2. The third-order valence-electron chi connectivity index (χ3n) is 5.63. The standard InChI is InChI=1S/C24H24Cl2N6O4S/c1-14-11-27-23(28-12-14)22(36-4)15(2)37(33,34)13-20-30-31-24(19-6-5-7-21(29-19)35-3)32(20)18-9-16(25)8-17(26)10-18/h5-12,15,22H,13H2,1-4H3/t15-,22-/m0/s1. The van der Waals surface area contributed by atoms with Gasteiger partial charge in [0.05, 0.1) is 18.0 Å². The van der Waals surface area contributed by atoms with Gasteiger partial charge in [0, 0.05) is 35.6 Å². The molecule has 0 aliphatic heterocycles. The fourth-order valence-electron chi connectivity index (χ4n) is 3.72. The Bertz CT molecular complexity index is 1490. The summed E-state index contributed by atoms with van der Waals surface area (Å²) in [5, 5.41) is 8.20. The molecule has 0 N–H and O–H groups in total. The predicted octanol–water partition coefficient (Wildman–Crippen LogP) is 4.43. The molecule has 2 atom stereocenters. The van der Waals surface area contributed by atoms with Gasteiger partial charge in [-0.15, -0.1) is 10.2 Å². The first kappa shape index (κ1) is 26.9. The molecule has 0 saturated heterocycles. The molecule has 13 heteroatoms. The number of hydrogen-bond donors (Lipinski definition) is 0. The first-order valence-corrected chi connectivity index (χ1v) is 13.5. The second kappa shape index (κ2) is 11.1. The summed E-state index contributed by atoms with van der Waals surface area (Å²) >= 11 is 12.5. The molecule has 194 valence electrons. The summed E-state index contributed by atoms with van der Waals surface area (Å²) in [5.41, 5.74) is 1.74. The molecule has 0 fully saturated rings. The molecule has 0 aliphatic carbocycles. The lowest BCUT2D eigenvalue weighted by atomic mass is 10.2. The number of pyridine rings is 1. The molecule has 0 aliphatic rings. The number of methoxy groups -OCH3 is 2. The topological polar surface area (TPSA) is 122 Å². The Hall–Kier alpha value is -3.12. The minimum absolute atomic E-state index is 0.143. The van der Waals surface area contributed by atoms with E-state index >= 15 is 0 Å². The van der Waals surface area contributed by atoms with Crippen LogP contribution in [0.3, 0.4) is 0 Å². The average Bonchev–Trinajstić information content (AvgIpc) is 3.27. The minimum Gasteiger partial charge on any atom is -0.481 e. The number of hydrogen-bond acceptors (Lipinski definition) is 9. The Balaban J connectivity index is 1.79. The molecular weight excluding hydrogens is 539 g/mol. The second-order valence-corrected chi connectivity index (χ2v) is 11.5. The molecule has 0 spiro atoms. The Morgan fingerprint density at radius 2 is 1.70 bits per heavy atom. The monoisotopic (exact) mass is 562 g/mol. The normalized spacial score (nSPS) is 13.4. The molecule has 1 aromatic carbocycles. The van der Waals surface area contributed by atoms with E-state index in [9.17, 15) is 8.42 Å². The van der Waals surface area contributed by atoms with E-state index in [1.54, 1.807) is 60.3 Å². The van der Waals surface area contributed by atoms with E-state index in [-0.39, 0.29) is 11.6 Å². The number of halogens is 2. The van der Waals surface area contributed by atoms with Crippen LogP contribution in [0.15, 0.2) is 48.8 Å². The molecule has 37 heavy (non-hydrogen) atoms. The van der Waals surface area contributed by atoms with Gasteiger partial charge in [0.15, 0.2) is 27.3 Å². The molecule has 0 radical (unpaired) electrons. The van der Waals surface area contributed by atoms with Gasteiger partial charge < -0.3 is 9.47 Å². The third kappa shape index (κ3) is 5.90. The van der Waals surface area contributed by atoms with Gasteiger partial charge in [-0.2, -0.15) is 0 Å². The molecule has 3 heterocycles. The molecule has 0 unspecified atom stereocenters. The van der Waals surface area contributed by atoms with E-state index in [1.807, 2.05) is 6.92 Å². The highest BCUT2D eigenvalue weighted by Gasteiger charge is 2.34. The molecule has 0 bridgehead atoms. The van der Waals surface area contributed by atoms with Crippen molar-refractivity contribution in [3.63, 3.8) is 0 Å². The summed E-state index contributed by atoms with van der Waals surface area (Å²) in [4.78, 5) is 12.9. The van der Waals surface area contributed by atoms with Crippen LogP contribution in [-0.4, -0.2) is 57.6 Å². The van der Waals surface area contributed by atoms with Gasteiger partial charge in [0.1, 0.15) is 17.6 Å². The van der Waals surface area contributed by atoms with Crippen molar-refractivity contribution >= 4 is 33.0 Å². The number of sulfone groups is 1. The van der Waals surface area contributed by atoms with Crippen LogP contribution in [0.4, 0.5) is 0 Å². The molecule has 0 amide bonds. The summed E-state index contributed by atoms with van der Waals surface area (Å²) < 4.78 is 39.5. The maximum Gasteiger partial charge on any atom is 0.213 e. The van der Waals surface area contributed by atoms with Gasteiger partial charge >= 0.3 is 0 Å². The van der Waals surface area contributed by atoms with Crippen molar-refractivity contribution in [1.82, 2.24) is 29.7 Å². The minimum atomic E-state index is -3.85. The smallest absolute Gasteiger partial charge is 0.213 e. The van der Waals surface area contributed by atoms with Gasteiger partial charge in [0.2, 0.25) is 5.88 Å². The van der Waals surface area contributed by atoms with Gasteiger partial charge in [-0.3, -0.25) is 4.57 Å². The molecule has 4 rings (SSSR count). The van der Waals surface area contributed by atoms with Crippen LogP contribution < -0.4 is 4.74 Å². The number of aryl methyl sites for hydroxylation is 1. The predicted molar refractivity (Wildman–Crippen MR) is 140 cm³/mol. The van der Waals surface area contributed by atoms with Gasteiger partial charge in [-0.25, -0.2) is 23.4 Å². The Kier molecular flexibility index (Phi) is 8.08. The number of rotatable bonds is 9. The summed E-state index contributed by atoms with van der Waals surface area (Å²) in [6.45, 7) is 3.39. The Morgan fingerprint density at radius 1 is 1.03 bits per heavy atom. The van der Waals surface area contributed by atoms with Crippen LogP contribution in [0.25, 0.3) is 17.2 Å². The van der Waals surface area contributed by atoms with Crippen LogP contribution in [0.2, 0.25) is 10.0 Å². The molecule has 3 aromatic heterocycles. The van der Waals surface area contributed by atoms with Crippen molar-refractivity contribution in [3.05, 3.63) is 76.0 Å². The molecule has 10 nitrogen and oxygen atoms in total. The summed E-state index contributed by atoms with van der Waals surface area (Å²) in [6, 6.07) is 9.99. The highest BCUT2D eigenvalue weighted by Crippen LogP contribution is 2.30. The van der Waals surface area contributed by atoms with Gasteiger partial charge in [0.25, 0.3) is 0 Å². The van der Waals surface area contributed by atoms with E-state index in [0.717, 1.165) is 5.56 Å². The molecule has 4 aromatic rings. The van der Waals surface area contributed by atoms with Crippen LogP contribution in [0.1, 0.15) is 30.2 Å². The van der Waals surface area contributed by atoms with Crippen LogP contribution in [-0.2, 0) is 20.3 Å². The number of aromatic nitrogens is 6. The maximum atomic E-state index is 13.6. The van der Waals surface area contributed by atoms with Crippen LogP contribution in [0.5, 0.6) is 5.88 Å². The summed E-state index contributed by atoms with van der Waals surface area (Å²) in [6.07, 6.45) is 2.34. The second-order valence-electron chi connectivity index (χ2n) is 8.26. The number of nitrogens with zero attached hydrogens (tertiary/aromatic N) is 6. The van der Waals surface area contributed by atoms with E-state index in [2.05, 4.69) is 25.1 Å². The van der Waals surface area contributed by atoms with Crippen LogP contribution in [0, 0.1) is 6.92 Å². The van der Waals surface area contributed by atoms with E-state index in [4.69, 9.17) is 32.7 Å². The first-order chi connectivity index (χ1) is 17.6. The van der Waals surface area contributed by atoms with Crippen molar-refractivity contribution in [2.24, 2.45) is 0 Å². The fourth-order valence-corrected chi connectivity index (χ4v) is 5.66. The first-order valence-electron chi connectivity index (χ1n) is 11.1. The highest BCUT2D eigenvalue weighted by atomic mass is 35.5. The van der Waals surface area contributed by atoms with Gasteiger partial charge in [-0.05, 0) is 43.7 Å². The quantitative estimate of drug-likeness (QED) is 0.291. The summed E-state index contributed by atoms with van der Waals surface area (Å²) in [7, 11) is -0.938. The largest absolute Gasteiger partial charge is 0.481 e. The van der Waals surface area contributed by atoms with E-state index < -0.39 is 26.9 Å². The maximum absolute atomic E-state index is 13.6. The fraction of sp³-hybridized carbons (Fsp3) is 0.292. The highest BCUT2D eigenvalue weighted by molar-refractivity contribution is 7.91. The van der Waals surface area contributed by atoms with Crippen LogP contribution >= 0.6 is 23.2 Å². The molecule has 0 saturated carbocycles. The Morgan fingerprint density at radius 3 is 2.32 bits per heavy atom. The lowest BCUT2D eigenvalue weighted by molar-refractivity contribution is 0.0947.